The molecule has 2 aromatic heterocycles. The van der Waals surface area contributed by atoms with E-state index < -0.39 is 0 Å². The highest BCUT2D eigenvalue weighted by molar-refractivity contribution is 7.21. The van der Waals surface area contributed by atoms with Crippen molar-refractivity contribution in [3.8, 4) is 10.4 Å². The predicted molar refractivity (Wildman–Crippen MR) is 186 cm³/mol. The van der Waals surface area contributed by atoms with Gasteiger partial charge >= 0.3 is 0 Å². The molecular formula is C37H24N4O2S2. The van der Waals surface area contributed by atoms with Crippen molar-refractivity contribution in [2.45, 2.75) is 13.8 Å². The van der Waals surface area contributed by atoms with Gasteiger partial charge in [0, 0.05) is 43.4 Å². The smallest absolute Gasteiger partial charge is 0.216 e. The largest absolute Gasteiger partial charge is 0.301 e. The fraction of sp³-hybridized carbons (Fsp3) is 0.0541. The van der Waals surface area contributed by atoms with E-state index in [2.05, 4.69) is 105 Å². The molecule has 0 aliphatic carbocycles. The van der Waals surface area contributed by atoms with Crippen molar-refractivity contribution in [2.24, 2.45) is 4.99 Å². The van der Waals surface area contributed by atoms with Gasteiger partial charge in [0.25, 0.3) is 0 Å². The summed E-state index contributed by atoms with van der Waals surface area (Å²) in [5.74, 6) is 0. The van der Waals surface area contributed by atoms with Gasteiger partial charge in [0.15, 0.2) is 5.36 Å². The van der Waals surface area contributed by atoms with Crippen LogP contribution in [0.15, 0.2) is 124 Å². The zero-order valence-electron chi connectivity index (χ0n) is 24.3. The Balaban J connectivity index is 1.34. The number of aryl methyl sites for hydroxylation is 2. The normalized spacial score (nSPS) is 11.5. The van der Waals surface area contributed by atoms with Crippen molar-refractivity contribution < 1.29 is 0 Å². The Morgan fingerprint density at radius 2 is 1.13 bits per heavy atom. The van der Waals surface area contributed by atoms with Crippen LogP contribution in [-0.2, 0) is 0 Å². The monoisotopic (exact) mass is 620 g/mol. The summed E-state index contributed by atoms with van der Waals surface area (Å²) < 4.78 is 9.26. The van der Waals surface area contributed by atoms with E-state index >= 15 is 0 Å². The second kappa shape index (κ2) is 10.7. The molecule has 0 saturated heterocycles. The van der Waals surface area contributed by atoms with Crippen LogP contribution in [0.3, 0.4) is 0 Å². The lowest BCUT2D eigenvalue weighted by molar-refractivity contribution is 1.30. The summed E-state index contributed by atoms with van der Waals surface area (Å²) >= 11 is 2.79. The van der Waals surface area contributed by atoms with Gasteiger partial charge in [0.1, 0.15) is 16.0 Å². The topological polar surface area (TPSA) is 75.5 Å². The van der Waals surface area contributed by atoms with E-state index in [1.165, 1.54) is 11.1 Å². The average molecular weight is 621 g/mol. The van der Waals surface area contributed by atoms with Gasteiger partial charge < -0.3 is 4.90 Å². The number of hydrogen-bond donors (Lipinski definition) is 0. The second-order valence-electron chi connectivity index (χ2n) is 11.0. The Kier molecular flexibility index (Phi) is 6.48. The minimum atomic E-state index is -0.364. The minimum absolute atomic E-state index is 0.0889. The Morgan fingerprint density at radius 1 is 0.600 bits per heavy atom. The summed E-state index contributed by atoms with van der Waals surface area (Å²) in [6, 6.07) is 36.2. The van der Waals surface area contributed by atoms with Gasteiger partial charge in [-0.1, -0.05) is 83.9 Å². The number of rotatable bonds is 5. The third-order valence-electron chi connectivity index (χ3n) is 8.11. The molecule has 8 heteroatoms. The SMILES string of the molecule is Cc1ccc(N(c2ccc(C)cc2)c2sc(-c3ccc(N=c4c(=O)c5ccccc5c4=O)c4nsnc34)c3ccccc23)cc1. The first-order valence-corrected chi connectivity index (χ1v) is 16.0. The van der Waals surface area contributed by atoms with Crippen molar-refractivity contribution in [1.29, 1.82) is 0 Å². The van der Waals surface area contributed by atoms with Gasteiger partial charge in [0.2, 0.25) is 10.9 Å². The van der Waals surface area contributed by atoms with Crippen molar-refractivity contribution >= 4 is 77.7 Å². The summed E-state index contributed by atoms with van der Waals surface area (Å²) in [6.07, 6.45) is 0. The summed E-state index contributed by atoms with van der Waals surface area (Å²) in [5, 5.41) is 4.00. The zero-order chi connectivity index (χ0) is 30.7. The van der Waals surface area contributed by atoms with Crippen LogP contribution in [-0.4, -0.2) is 8.75 Å². The summed E-state index contributed by atoms with van der Waals surface area (Å²) in [5.41, 5.74) is 6.45. The van der Waals surface area contributed by atoms with Crippen molar-refractivity contribution in [3.05, 3.63) is 146 Å². The Morgan fingerprint density at radius 3 is 1.73 bits per heavy atom. The molecule has 0 aliphatic heterocycles. The van der Waals surface area contributed by atoms with Gasteiger partial charge in [-0.2, -0.15) is 8.75 Å². The first-order chi connectivity index (χ1) is 22.0. The van der Waals surface area contributed by atoms with Crippen LogP contribution in [0.4, 0.5) is 22.1 Å². The van der Waals surface area contributed by atoms with Crippen LogP contribution in [0.2, 0.25) is 0 Å². The molecule has 0 radical (unpaired) electrons. The third kappa shape index (κ3) is 4.49. The molecule has 0 amide bonds. The second-order valence-corrected chi connectivity index (χ2v) is 12.6. The maximum Gasteiger partial charge on any atom is 0.216 e. The molecule has 0 N–H and O–H groups in total. The van der Waals surface area contributed by atoms with Gasteiger partial charge in [-0.15, -0.1) is 11.3 Å². The molecule has 0 saturated carbocycles. The quantitative estimate of drug-likeness (QED) is 0.193. The summed E-state index contributed by atoms with van der Waals surface area (Å²) in [4.78, 5) is 34.1. The van der Waals surface area contributed by atoms with Crippen molar-refractivity contribution in [3.63, 3.8) is 0 Å². The van der Waals surface area contributed by atoms with Gasteiger partial charge in [-0.05, 0) is 50.2 Å². The van der Waals surface area contributed by atoms with Crippen LogP contribution in [0.5, 0.6) is 0 Å². The fourth-order valence-electron chi connectivity index (χ4n) is 5.80. The molecule has 45 heavy (non-hydrogen) atoms. The van der Waals surface area contributed by atoms with E-state index in [-0.39, 0.29) is 16.2 Å². The highest BCUT2D eigenvalue weighted by Gasteiger charge is 2.23. The molecule has 6 aromatic carbocycles. The number of aromatic nitrogens is 2. The van der Waals surface area contributed by atoms with E-state index in [0.29, 0.717) is 27.5 Å². The first-order valence-electron chi connectivity index (χ1n) is 14.5. The van der Waals surface area contributed by atoms with Gasteiger partial charge in [-0.25, -0.2) is 4.99 Å². The van der Waals surface area contributed by atoms with Gasteiger partial charge in [0.05, 0.1) is 17.4 Å². The molecule has 0 unspecified atom stereocenters. The molecule has 6 nitrogen and oxygen atoms in total. The Bertz CT molecular complexity index is 2460. The summed E-state index contributed by atoms with van der Waals surface area (Å²) in [6.45, 7) is 4.19. The lowest BCUT2D eigenvalue weighted by Gasteiger charge is -2.24. The van der Waals surface area contributed by atoms with E-state index in [9.17, 15) is 9.59 Å². The van der Waals surface area contributed by atoms with E-state index in [0.717, 1.165) is 49.3 Å². The lowest BCUT2D eigenvalue weighted by Crippen LogP contribution is -2.31. The number of anilines is 3. The Hall–Kier alpha value is -5.31. The van der Waals surface area contributed by atoms with Crippen LogP contribution in [0.1, 0.15) is 11.1 Å². The molecule has 0 atom stereocenters. The number of benzene rings is 5. The minimum Gasteiger partial charge on any atom is -0.301 e. The van der Waals surface area contributed by atoms with Gasteiger partial charge in [-0.3, -0.25) is 9.59 Å². The first kappa shape index (κ1) is 27.3. The lowest BCUT2D eigenvalue weighted by atomic mass is 10.1. The van der Waals surface area contributed by atoms with Crippen molar-refractivity contribution in [2.75, 3.05) is 4.90 Å². The molecule has 2 heterocycles. The highest BCUT2D eigenvalue weighted by Crippen LogP contribution is 2.50. The number of hydrogen-bond acceptors (Lipinski definition) is 8. The van der Waals surface area contributed by atoms with Crippen LogP contribution in [0.25, 0.3) is 43.0 Å². The molecule has 216 valence electrons. The maximum atomic E-state index is 13.1. The van der Waals surface area contributed by atoms with Crippen molar-refractivity contribution in [1.82, 2.24) is 8.75 Å². The number of nitrogens with zero attached hydrogens (tertiary/aromatic N) is 4. The molecule has 0 fully saturated rings. The molecule has 8 rings (SSSR count). The molecule has 0 spiro atoms. The molecule has 8 aromatic rings. The average Bonchev–Trinajstić information content (AvgIpc) is 3.77. The maximum absolute atomic E-state index is 13.1. The number of fused-ring (bicyclic) bond motifs is 3. The van der Waals surface area contributed by atoms with Crippen LogP contribution < -0.4 is 21.1 Å². The molecule has 0 aliphatic rings. The third-order valence-corrected chi connectivity index (χ3v) is 9.87. The highest BCUT2D eigenvalue weighted by atomic mass is 32.1. The fourth-order valence-corrected chi connectivity index (χ4v) is 7.71. The Labute approximate surface area is 265 Å². The van der Waals surface area contributed by atoms with E-state index in [1.54, 1.807) is 35.6 Å². The molecule has 0 bridgehead atoms. The summed E-state index contributed by atoms with van der Waals surface area (Å²) in [7, 11) is 0. The van der Waals surface area contributed by atoms with Crippen LogP contribution >= 0.6 is 23.1 Å². The predicted octanol–water partition coefficient (Wildman–Crippen LogP) is 8.64. The zero-order valence-corrected chi connectivity index (χ0v) is 25.9. The van der Waals surface area contributed by atoms with E-state index in [4.69, 9.17) is 0 Å². The standard InChI is InChI=1S/C37H24N4O2S2/c1-21-11-15-23(16-12-21)41(24-17-13-22(2)14-18-24)37-28-10-6-5-9-27(28)36(44-37)29-19-20-30(32-31(29)39-45-40-32)38-33-34(42)25-7-3-4-8-26(25)35(33)43/h3-20H,1-2H3. The van der Waals surface area contributed by atoms with Crippen LogP contribution in [0, 0.1) is 13.8 Å². The van der Waals surface area contributed by atoms with E-state index in [1.807, 2.05) is 12.1 Å². The molecular weight excluding hydrogens is 597 g/mol. The number of thiophene rings is 1.